The van der Waals surface area contributed by atoms with Crippen LogP contribution in [0.15, 0.2) is 150 Å². The van der Waals surface area contributed by atoms with Gasteiger partial charge in [-0.2, -0.15) is 4.57 Å². The van der Waals surface area contributed by atoms with Gasteiger partial charge in [0.2, 0.25) is 17.7 Å². The fourth-order valence-corrected chi connectivity index (χ4v) is 22.5. The van der Waals surface area contributed by atoms with Crippen LogP contribution in [0, 0.1) is 35.5 Å². The van der Waals surface area contributed by atoms with Crippen molar-refractivity contribution in [3.63, 3.8) is 0 Å². The number of carbonyl (C=O) groups excluding carboxylic acids is 5. The summed E-state index contributed by atoms with van der Waals surface area (Å²) in [6, 6.07) is 16.7. The van der Waals surface area contributed by atoms with Gasteiger partial charge in [-0.25, -0.2) is 24.4 Å². The Hall–Kier alpha value is -6.74. The molecule has 3 amide bonds. The number of fused-ring (bicyclic) bond motifs is 3. The number of aromatic nitrogens is 2. The van der Waals surface area contributed by atoms with Crippen molar-refractivity contribution in [3.05, 3.63) is 153 Å². The molecule has 2 aromatic carbocycles. The molecular weight excluding hydrogens is 1450 g/mol. The van der Waals surface area contributed by atoms with E-state index < -0.39 is 72.3 Å². The average Bonchev–Trinajstić information content (AvgIpc) is 1.58. The third-order valence-corrected chi connectivity index (χ3v) is 26.9. The molecule has 0 spiro atoms. The van der Waals surface area contributed by atoms with Crippen molar-refractivity contribution >= 4 is 117 Å². The first-order valence-corrected chi connectivity index (χ1v) is 46.3. The molecule has 3 fully saturated rings. The van der Waals surface area contributed by atoms with Crippen LogP contribution in [-0.2, 0) is 56.2 Å². The van der Waals surface area contributed by atoms with Crippen LogP contribution in [0.2, 0.25) is 39.3 Å². The number of benzene rings is 2. The number of hydrogen-bond donors (Lipinski definition) is 3. The van der Waals surface area contributed by atoms with Gasteiger partial charge in [0.15, 0.2) is 31.0 Å². The first kappa shape index (κ1) is 78.8. The predicted molar refractivity (Wildman–Crippen MR) is 404 cm³/mol. The van der Waals surface area contributed by atoms with Crippen molar-refractivity contribution in [2.45, 2.75) is 165 Å². The highest BCUT2D eigenvalue weighted by Gasteiger charge is 2.64. The van der Waals surface area contributed by atoms with E-state index in [1.54, 1.807) is 90.7 Å². The number of thiazole rings is 2. The third-order valence-electron chi connectivity index (χ3n) is 19.0. The van der Waals surface area contributed by atoms with Crippen molar-refractivity contribution in [1.29, 1.82) is 0 Å². The fraction of sp³-hybridized carbons (Fsp3) is 0.479. The number of amides is 3. The summed E-state index contributed by atoms with van der Waals surface area (Å²) in [7, 11) is -6.08. The minimum atomic E-state index is -4.42. The number of aliphatic hydroxyl groups is 1. The van der Waals surface area contributed by atoms with Crippen LogP contribution in [0.25, 0.3) is 11.1 Å². The van der Waals surface area contributed by atoms with Gasteiger partial charge >= 0.3 is 25.7 Å². The van der Waals surface area contributed by atoms with Crippen molar-refractivity contribution in [1.82, 2.24) is 34.9 Å². The lowest BCUT2D eigenvalue weighted by Gasteiger charge is -2.48. The van der Waals surface area contributed by atoms with Crippen LogP contribution < -0.4 is 14.4 Å². The number of para-hydroxylation sites is 2. The maximum atomic E-state index is 14.2. The monoisotopic (exact) mass is 1540 g/mol. The number of nitrogens with zero attached hydrogens (tertiary/aromatic N) is 6. The smallest absolute Gasteiger partial charge is 0.477 e. The molecule has 554 valence electrons. The number of aliphatic carboxylic acids is 1. The summed E-state index contributed by atoms with van der Waals surface area (Å²) in [5, 5.41) is 27.1. The Morgan fingerprint density at radius 3 is 1.54 bits per heavy atom. The summed E-state index contributed by atoms with van der Waals surface area (Å²) < 4.78 is 56.6. The fourth-order valence-electron chi connectivity index (χ4n) is 14.4. The minimum Gasteiger partial charge on any atom is -0.477 e. The normalized spacial score (nSPS) is 26.1. The molecule has 12 rings (SSSR count). The van der Waals surface area contributed by atoms with Crippen LogP contribution in [0.5, 0.6) is 11.5 Å². The summed E-state index contributed by atoms with van der Waals surface area (Å²) in [5.74, 6) is -4.61. The lowest BCUT2D eigenvalue weighted by atomic mass is 9.79. The van der Waals surface area contributed by atoms with E-state index in [1.165, 1.54) is 68.0 Å². The van der Waals surface area contributed by atoms with Gasteiger partial charge in [0.1, 0.15) is 41.9 Å². The SMILES string of the molecule is C=CCOC(=O)C1=C(OP(=O)(Oc2ccccc2)Oc2ccccc2)[C@H](C)[C@@H]2[C@@H]([C@@H](C)O[Si](C)(C)C)C(=O)N12.C=CCOC(=O)C1=C(Sc2nc(C3=C[C@H](C)N(C)CC3)cs2)[C@H](C)[C@@H]2[C@@H]([C@@H](C)O[Si](C)(C)C)C(=O)N12.C[C@H]1C=C(c2csc(SC3=C(C(=O)O)N4C(=O)[C@H]([C@@H](C)O)[C@H]4[C@H]3C)n2)CCN1. The first-order chi connectivity index (χ1) is 48.7. The molecule has 4 aromatic rings. The van der Waals surface area contributed by atoms with Gasteiger partial charge in [-0.3, -0.25) is 24.2 Å². The molecule has 2 aromatic heterocycles. The van der Waals surface area contributed by atoms with Gasteiger partial charge in [-0.15, -0.1) is 22.7 Å². The summed E-state index contributed by atoms with van der Waals surface area (Å²) in [6.07, 6.45) is 7.90. The topological polar surface area (TPSA) is 275 Å². The molecule has 0 aliphatic carbocycles. The zero-order valence-corrected chi connectivity index (χ0v) is 67.0. The number of carboxylic acids is 1. The van der Waals surface area contributed by atoms with Crippen LogP contribution in [0.1, 0.15) is 79.6 Å². The largest absolute Gasteiger partial charge is 0.646 e. The molecule has 14 atom stereocenters. The number of phosphoric acid groups is 1. The maximum Gasteiger partial charge on any atom is 0.646 e. The standard InChI is InChI=1S/C28H34NO8PSi.C26H37N3O4S2Si.C19H23N3O4S2/c1-7-18-33-28(31)25-26(19(2)24-23(27(30)29(24)25)20(3)37-39(4,5)6)36-38(32,34-21-14-10-8-11-15-21)35-22-16-12-9-13-17-22;1-9-12-32-25(31)22-23(16(3)21-20(24(30)29(21)22)17(4)33-36(6,7)8)35-26-27-19(14-34-26)18-10-11-28(5)15(2)13-18;1-8-6-11(4-5-20-8)12-7-27-19(21-12)28-16-9(2)14-13(10(3)23)17(24)22(14)15(16)18(25)26/h7-17,19-20,23-24H,1,18H2,2-6H3;9,13-17,20-21H,1,10-12H2,2-8H3;6-10,13-14,20,23H,4-5H2,1-3H3,(H,25,26)/t19-,20-,23-,24-;15-,16+,17+,20+,21+;8-,9+,10+,13+,14+/m100/s1. The van der Waals surface area contributed by atoms with Crippen molar-refractivity contribution < 1.29 is 75.4 Å². The van der Waals surface area contributed by atoms with E-state index in [0.29, 0.717) is 22.7 Å². The molecule has 0 unspecified atom stereocenters. The number of phosphoric ester groups is 1. The third kappa shape index (κ3) is 17.2. The molecule has 3 saturated heterocycles. The van der Waals surface area contributed by atoms with Gasteiger partial charge in [0.25, 0.3) is 0 Å². The van der Waals surface area contributed by atoms with Gasteiger partial charge in [-0.1, -0.05) is 118 Å². The number of carboxylic acid groups (broad SMARTS) is 1. The molecule has 23 nitrogen and oxygen atoms in total. The summed E-state index contributed by atoms with van der Waals surface area (Å²) in [6.45, 7) is 37.2. The quantitative estimate of drug-likeness (QED) is 0.0173. The van der Waals surface area contributed by atoms with Crippen LogP contribution in [-0.4, -0.2) is 174 Å². The molecule has 103 heavy (non-hydrogen) atoms. The molecular formula is C73H94N7O16PS4Si2. The Labute approximate surface area is 621 Å². The molecule has 0 bridgehead atoms. The number of β-lactam (4-membered cyclic amide) rings is 3. The molecule has 0 saturated carbocycles. The first-order valence-electron chi connectivity index (χ1n) is 34.6. The number of thioether (sulfide) groups is 2. The second kappa shape index (κ2) is 32.5. The second-order valence-corrected chi connectivity index (χ2v) is 43.4. The Balaban J connectivity index is 0.000000168. The van der Waals surface area contributed by atoms with Crippen LogP contribution >= 0.6 is 54.0 Å². The van der Waals surface area contributed by atoms with E-state index in [0.717, 1.165) is 50.9 Å². The molecule has 3 N–H and O–H groups in total. The Bertz CT molecular complexity index is 4070. The number of esters is 2. The van der Waals surface area contributed by atoms with E-state index in [2.05, 4.69) is 88.4 Å². The number of nitrogens with one attached hydrogen (secondary N) is 1. The van der Waals surface area contributed by atoms with Crippen LogP contribution in [0.3, 0.4) is 0 Å². The molecule has 30 heteroatoms. The zero-order valence-electron chi connectivity index (χ0n) is 60.9. The van der Waals surface area contributed by atoms with Gasteiger partial charge in [-0.05, 0) is 136 Å². The number of carbonyl (C=O) groups is 6. The molecule has 0 radical (unpaired) electrons. The number of likely N-dealkylation sites (N-methyl/N-ethyl adjacent to an activating group) is 1. The molecule has 8 aliphatic heterocycles. The summed E-state index contributed by atoms with van der Waals surface area (Å²) in [5.41, 5.74) is 4.67. The lowest BCUT2D eigenvalue weighted by molar-refractivity contribution is -0.163. The average molecular weight is 1540 g/mol. The van der Waals surface area contributed by atoms with Gasteiger partial charge in [0, 0.05) is 57.0 Å². The summed E-state index contributed by atoms with van der Waals surface area (Å²) in [4.78, 5) is 95.1. The van der Waals surface area contributed by atoms with E-state index in [4.69, 9.17) is 41.9 Å². The van der Waals surface area contributed by atoms with Crippen LogP contribution in [0.4, 0.5) is 0 Å². The lowest BCUT2D eigenvalue weighted by Crippen LogP contribution is -2.64. The van der Waals surface area contributed by atoms with E-state index in [9.17, 15) is 43.5 Å². The highest BCUT2D eigenvalue weighted by Crippen LogP contribution is 2.59. The van der Waals surface area contributed by atoms with E-state index >= 15 is 0 Å². The Morgan fingerprint density at radius 1 is 0.650 bits per heavy atom. The number of hydrogen-bond acceptors (Lipinski definition) is 23. The number of rotatable bonds is 26. The maximum absolute atomic E-state index is 14.2. The zero-order chi connectivity index (χ0) is 74.9. The summed E-state index contributed by atoms with van der Waals surface area (Å²) >= 11 is 5.89. The highest BCUT2D eigenvalue weighted by molar-refractivity contribution is 8.05. The highest BCUT2D eigenvalue weighted by atomic mass is 32.2. The van der Waals surface area contributed by atoms with Crippen molar-refractivity contribution in [2.75, 3.05) is 33.4 Å². The Morgan fingerprint density at radius 2 is 1.09 bits per heavy atom. The minimum absolute atomic E-state index is 0.000288. The van der Waals surface area contributed by atoms with Crippen molar-refractivity contribution in [2.24, 2.45) is 35.5 Å². The Kier molecular flexibility index (Phi) is 24.9. The molecule has 10 heterocycles. The van der Waals surface area contributed by atoms with Crippen molar-refractivity contribution in [3.8, 4) is 11.5 Å². The predicted octanol–water partition coefficient (Wildman–Crippen LogP) is 13.1. The number of ether oxygens (including phenoxy) is 2. The number of aliphatic hydroxyl groups excluding tert-OH is 1. The second-order valence-electron chi connectivity index (χ2n) is 28.8. The van der Waals surface area contributed by atoms with Gasteiger partial charge < -0.3 is 57.2 Å². The van der Waals surface area contributed by atoms with E-state index in [1.807, 2.05) is 45.8 Å². The molecule has 8 aliphatic rings. The van der Waals surface area contributed by atoms with Gasteiger partial charge in [0.05, 0.1) is 65.6 Å². The van der Waals surface area contributed by atoms with E-state index in [-0.39, 0.29) is 102 Å².